The number of carboxylic acid groups (broad SMARTS) is 1. The Balaban J connectivity index is 2.73. The molecule has 1 unspecified atom stereocenters. The van der Waals surface area contributed by atoms with E-state index in [1.54, 1.807) is 6.08 Å². The first kappa shape index (κ1) is 9.87. The number of aliphatic carboxylic acids is 1. The molecular formula is C8H10Cl2O2. The molecule has 1 saturated carbocycles. The zero-order valence-electron chi connectivity index (χ0n) is 6.84. The van der Waals surface area contributed by atoms with Crippen molar-refractivity contribution < 1.29 is 9.90 Å². The Hall–Kier alpha value is -0.210. The largest absolute Gasteiger partial charge is 0.481 e. The maximum Gasteiger partial charge on any atom is 0.307 e. The first-order valence-electron chi connectivity index (χ1n) is 3.63. The van der Waals surface area contributed by atoms with Gasteiger partial charge in [-0.15, -0.1) is 0 Å². The Kier molecular flexibility index (Phi) is 2.41. The van der Waals surface area contributed by atoms with Crippen molar-refractivity contribution in [1.29, 1.82) is 0 Å². The third kappa shape index (κ3) is 1.59. The van der Waals surface area contributed by atoms with Crippen LogP contribution in [0.4, 0.5) is 0 Å². The highest BCUT2D eigenvalue weighted by Crippen LogP contribution is 2.59. The van der Waals surface area contributed by atoms with E-state index >= 15 is 0 Å². The third-order valence-electron chi connectivity index (χ3n) is 2.48. The van der Waals surface area contributed by atoms with Crippen LogP contribution < -0.4 is 0 Å². The fourth-order valence-electron chi connectivity index (χ4n) is 1.60. The van der Waals surface area contributed by atoms with Gasteiger partial charge >= 0.3 is 5.97 Å². The Bertz CT molecular complexity index is 241. The summed E-state index contributed by atoms with van der Waals surface area (Å²) in [6.45, 7) is 3.79. The minimum atomic E-state index is -0.782. The second kappa shape index (κ2) is 2.93. The van der Waals surface area contributed by atoms with E-state index in [0.29, 0.717) is 0 Å². The first-order chi connectivity index (χ1) is 5.37. The lowest BCUT2D eigenvalue weighted by Gasteiger charge is -1.96. The number of carbonyl (C=O) groups is 1. The molecular weight excluding hydrogens is 199 g/mol. The quantitative estimate of drug-likeness (QED) is 0.758. The molecule has 2 nitrogen and oxygen atoms in total. The summed E-state index contributed by atoms with van der Waals surface area (Å²) in [5.41, 5.74) is -0.207. The first-order valence-corrected chi connectivity index (χ1v) is 4.38. The highest BCUT2D eigenvalue weighted by Gasteiger charge is 2.60. The number of allylic oxidation sites excluding steroid dienone is 1. The van der Waals surface area contributed by atoms with Crippen molar-refractivity contribution in [3.63, 3.8) is 0 Å². The van der Waals surface area contributed by atoms with Gasteiger partial charge in [-0.2, -0.15) is 0 Å². The maximum absolute atomic E-state index is 10.7. The lowest BCUT2D eigenvalue weighted by atomic mass is 10.1. The second-order valence-electron chi connectivity index (χ2n) is 3.62. The van der Waals surface area contributed by atoms with Crippen molar-refractivity contribution in [2.24, 2.45) is 17.3 Å². The van der Waals surface area contributed by atoms with Gasteiger partial charge in [0.2, 0.25) is 0 Å². The van der Waals surface area contributed by atoms with Crippen molar-refractivity contribution in [3.8, 4) is 0 Å². The molecule has 2 atom stereocenters. The predicted molar refractivity (Wildman–Crippen MR) is 48.2 cm³/mol. The molecule has 1 fully saturated rings. The summed E-state index contributed by atoms with van der Waals surface area (Å²) in [5, 5.41) is 8.76. The monoisotopic (exact) mass is 208 g/mol. The fourth-order valence-corrected chi connectivity index (χ4v) is 1.87. The number of hydrogen-bond acceptors (Lipinski definition) is 1. The Morgan fingerprint density at radius 2 is 2.00 bits per heavy atom. The number of halogens is 2. The lowest BCUT2D eigenvalue weighted by Crippen LogP contribution is -2.02. The minimum Gasteiger partial charge on any atom is -0.481 e. The molecule has 0 aromatic rings. The Labute approximate surface area is 81.2 Å². The van der Waals surface area contributed by atoms with Crippen LogP contribution in [-0.4, -0.2) is 11.1 Å². The van der Waals surface area contributed by atoms with E-state index in [-0.39, 0.29) is 21.7 Å². The van der Waals surface area contributed by atoms with Crippen LogP contribution in [0.5, 0.6) is 0 Å². The summed E-state index contributed by atoms with van der Waals surface area (Å²) in [6.07, 6.45) is 1.60. The molecule has 0 aromatic heterocycles. The van der Waals surface area contributed by atoms with Crippen LogP contribution in [0.1, 0.15) is 13.8 Å². The minimum absolute atomic E-state index is 0.0278. The van der Waals surface area contributed by atoms with Crippen molar-refractivity contribution in [1.82, 2.24) is 0 Å². The highest BCUT2D eigenvalue weighted by molar-refractivity contribution is 6.55. The summed E-state index contributed by atoms with van der Waals surface area (Å²) < 4.78 is 0.150. The van der Waals surface area contributed by atoms with Crippen molar-refractivity contribution >= 4 is 29.2 Å². The van der Waals surface area contributed by atoms with E-state index in [9.17, 15) is 4.79 Å². The summed E-state index contributed by atoms with van der Waals surface area (Å²) in [5.74, 6) is -1.15. The summed E-state index contributed by atoms with van der Waals surface area (Å²) in [7, 11) is 0. The third-order valence-corrected chi connectivity index (χ3v) is 2.73. The van der Waals surface area contributed by atoms with Gasteiger partial charge in [-0.05, 0) is 17.4 Å². The van der Waals surface area contributed by atoms with E-state index in [4.69, 9.17) is 28.3 Å². The normalized spacial score (nSPS) is 31.0. The van der Waals surface area contributed by atoms with Crippen LogP contribution in [-0.2, 0) is 4.79 Å². The molecule has 0 amide bonds. The molecule has 4 heteroatoms. The molecule has 1 aliphatic rings. The zero-order chi connectivity index (χ0) is 9.52. The molecule has 1 rings (SSSR count). The van der Waals surface area contributed by atoms with Gasteiger partial charge in [0.25, 0.3) is 0 Å². The Morgan fingerprint density at radius 3 is 2.25 bits per heavy atom. The smallest absolute Gasteiger partial charge is 0.307 e. The second-order valence-corrected chi connectivity index (χ2v) is 4.63. The van der Waals surface area contributed by atoms with Gasteiger partial charge in [0, 0.05) is 0 Å². The van der Waals surface area contributed by atoms with Crippen molar-refractivity contribution in [2.45, 2.75) is 13.8 Å². The number of hydrogen-bond donors (Lipinski definition) is 1. The van der Waals surface area contributed by atoms with E-state index < -0.39 is 5.97 Å². The lowest BCUT2D eigenvalue weighted by molar-refractivity contribution is -0.139. The van der Waals surface area contributed by atoms with Gasteiger partial charge < -0.3 is 5.11 Å². The van der Waals surface area contributed by atoms with Gasteiger partial charge in [0.1, 0.15) is 4.49 Å². The molecule has 0 heterocycles. The van der Waals surface area contributed by atoms with Crippen LogP contribution in [0, 0.1) is 17.3 Å². The fraction of sp³-hybridized carbons (Fsp3) is 0.625. The van der Waals surface area contributed by atoms with Crippen LogP contribution in [0.2, 0.25) is 0 Å². The van der Waals surface area contributed by atoms with Crippen LogP contribution in [0.25, 0.3) is 0 Å². The molecule has 1 aliphatic carbocycles. The van der Waals surface area contributed by atoms with E-state index in [0.717, 1.165) is 0 Å². The molecule has 0 saturated heterocycles. The Morgan fingerprint density at radius 1 is 1.50 bits per heavy atom. The predicted octanol–water partition coefficient (Wildman–Crippen LogP) is 2.66. The topological polar surface area (TPSA) is 37.3 Å². The molecule has 0 spiro atoms. The van der Waals surface area contributed by atoms with Crippen LogP contribution >= 0.6 is 23.2 Å². The van der Waals surface area contributed by atoms with E-state index in [1.165, 1.54) is 0 Å². The number of carboxylic acids is 1. The molecule has 0 radical (unpaired) electrons. The summed E-state index contributed by atoms with van der Waals surface area (Å²) in [6, 6.07) is 0. The molecule has 68 valence electrons. The number of rotatable bonds is 2. The average Bonchev–Trinajstić information content (AvgIpc) is 2.32. The van der Waals surface area contributed by atoms with Gasteiger partial charge in [0.05, 0.1) is 5.92 Å². The molecule has 0 bridgehead atoms. The highest BCUT2D eigenvalue weighted by atomic mass is 35.5. The molecule has 12 heavy (non-hydrogen) atoms. The van der Waals surface area contributed by atoms with Crippen LogP contribution in [0.3, 0.4) is 0 Å². The summed E-state index contributed by atoms with van der Waals surface area (Å²) in [4.78, 5) is 10.7. The zero-order valence-corrected chi connectivity index (χ0v) is 8.36. The standard InChI is InChI=1S/C8H10Cl2O2/c1-8(2)4(3-5(9)10)6(8)7(11)12/h3-4,6H,1-2H3,(H,11,12)/t4?,6-/m1/s1. The van der Waals surface area contributed by atoms with Gasteiger partial charge in [-0.25, -0.2) is 0 Å². The van der Waals surface area contributed by atoms with E-state index in [1.807, 2.05) is 13.8 Å². The van der Waals surface area contributed by atoms with Crippen LogP contribution in [0.15, 0.2) is 10.6 Å². The molecule has 0 aromatic carbocycles. The van der Waals surface area contributed by atoms with Gasteiger partial charge in [-0.3, -0.25) is 4.79 Å². The maximum atomic E-state index is 10.7. The van der Waals surface area contributed by atoms with Gasteiger partial charge in [-0.1, -0.05) is 37.0 Å². The van der Waals surface area contributed by atoms with Crippen molar-refractivity contribution in [3.05, 3.63) is 10.6 Å². The van der Waals surface area contributed by atoms with Gasteiger partial charge in [0.15, 0.2) is 0 Å². The average molecular weight is 209 g/mol. The van der Waals surface area contributed by atoms with Crippen molar-refractivity contribution in [2.75, 3.05) is 0 Å². The van der Waals surface area contributed by atoms with E-state index in [2.05, 4.69) is 0 Å². The molecule has 1 N–H and O–H groups in total. The molecule has 0 aliphatic heterocycles. The SMILES string of the molecule is CC1(C)C(C=C(Cl)Cl)[C@@H]1C(=O)O. The summed E-state index contributed by atoms with van der Waals surface area (Å²) >= 11 is 10.9.